The van der Waals surface area contributed by atoms with E-state index in [-0.39, 0.29) is 61.8 Å². The largest absolute Gasteiger partial charge is 4.00 e. The number of hydrogen-bond acceptors (Lipinski definition) is 0. The summed E-state index contributed by atoms with van der Waals surface area (Å²) in [7, 11) is 0. The Balaban J connectivity index is 0.000000608. The summed E-state index contributed by atoms with van der Waals surface area (Å²) < 4.78 is 0. The van der Waals surface area contributed by atoms with Gasteiger partial charge >= 0.3 is 26.2 Å². The molecule has 0 spiro atoms. The van der Waals surface area contributed by atoms with Gasteiger partial charge in [-0.25, -0.2) is 23.3 Å². The molecular weight excluding hydrogens is 546 g/mol. The van der Waals surface area contributed by atoms with Crippen LogP contribution in [0.15, 0.2) is 35.5 Å². The third-order valence-corrected chi connectivity index (χ3v) is 10.0. The normalized spacial score (nSPS) is 30.3. The van der Waals surface area contributed by atoms with Crippen LogP contribution in [0.3, 0.4) is 0 Å². The Kier molecular flexibility index (Phi) is 14.2. The molecule has 0 radical (unpaired) electrons. The molecule has 2 unspecified atom stereocenters. The van der Waals surface area contributed by atoms with Crippen molar-refractivity contribution in [3.8, 4) is 0 Å². The predicted molar refractivity (Wildman–Crippen MR) is 140 cm³/mol. The van der Waals surface area contributed by atoms with Gasteiger partial charge in [-0.2, -0.15) is 12.2 Å². The maximum Gasteiger partial charge on any atom is 4.00 e. The molecule has 0 nitrogen and oxygen atoms in total. The van der Waals surface area contributed by atoms with E-state index in [4.69, 9.17) is 0 Å². The van der Waals surface area contributed by atoms with Crippen LogP contribution in [0.2, 0.25) is 0 Å². The minimum absolute atomic E-state index is 0. The van der Waals surface area contributed by atoms with Crippen molar-refractivity contribution in [1.82, 2.24) is 0 Å². The molecule has 0 amide bonds. The van der Waals surface area contributed by atoms with Gasteiger partial charge in [0.15, 0.2) is 0 Å². The monoisotopic (exact) mass is 594 g/mol. The Hall–Kier alpha value is 0.423. The topological polar surface area (TPSA) is 0 Å². The van der Waals surface area contributed by atoms with Crippen molar-refractivity contribution in [3.05, 3.63) is 47.6 Å². The van der Waals surface area contributed by atoms with Gasteiger partial charge in [-0.05, 0) is 48.3 Å². The van der Waals surface area contributed by atoms with E-state index in [9.17, 15) is 0 Å². The van der Waals surface area contributed by atoms with E-state index in [2.05, 4.69) is 91.8 Å². The van der Waals surface area contributed by atoms with Crippen LogP contribution >= 0.6 is 0 Å². The zero-order valence-corrected chi connectivity index (χ0v) is 27.8. The van der Waals surface area contributed by atoms with Crippen molar-refractivity contribution in [2.45, 2.75) is 120 Å². The first-order chi connectivity index (χ1) is 15.0. The summed E-state index contributed by atoms with van der Waals surface area (Å²) in [5.74, 6) is 1.50. The van der Waals surface area contributed by atoms with E-state index in [0.29, 0.717) is 10.8 Å². The second kappa shape index (κ2) is 14.0. The molecule has 2 atom stereocenters. The molecule has 4 aliphatic carbocycles. The van der Waals surface area contributed by atoms with Crippen LogP contribution < -0.4 is 24.8 Å². The molecule has 0 aromatic carbocycles. The Bertz CT molecular complexity index is 709. The van der Waals surface area contributed by atoms with Gasteiger partial charge in [0.05, 0.1) is 0 Å². The summed E-state index contributed by atoms with van der Waals surface area (Å²) in [4.78, 5) is 0. The third kappa shape index (κ3) is 6.90. The van der Waals surface area contributed by atoms with Crippen molar-refractivity contribution in [2.24, 2.45) is 33.5 Å². The molecule has 2 fully saturated rings. The average molecular weight is 597 g/mol. The van der Waals surface area contributed by atoms with Gasteiger partial charge in [-0.1, -0.05) is 105 Å². The van der Waals surface area contributed by atoms with Crippen molar-refractivity contribution in [2.75, 3.05) is 0 Å². The fourth-order valence-corrected chi connectivity index (χ4v) is 7.91. The fourth-order valence-electron chi connectivity index (χ4n) is 7.91. The minimum atomic E-state index is 0. The first-order valence-corrected chi connectivity index (χ1v) is 13.6. The molecule has 0 aromatic rings. The summed E-state index contributed by atoms with van der Waals surface area (Å²) >= 11 is 0. The first-order valence-electron chi connectivity index (χ1n) is 13.6. The molecule has 4 rings (SSSR count). The van der Waals surface area contributed by atoms with Crippen LogP contribution in [0.1, 0.15) is 120 Å². The average Bonchev–Trinajstić information content (AvgIpc) is 3.31. The van der Waals surface area contributed by atoms with E-state index in [1.54, 1.807) is 0 Å². The molecule has 3 heteroatoms. The van der Waals surface area contributed by atoms with E-state index in [0.717, 1.165) is 11.8 Å². The first kappa shape index (κ1) is 35.4. The van der Waals surface area contributed by atoms with Gasteiger partial charge in [0.1, 0.15) is 0 Å². The molecule has 0 N–H and O–H groups in total. The molecule has 0 saturated heterocycles. The van der Waals surface area contributed by atoms with Gasteiger partial charge in [0.2, 0.25) is 0 Å². The number of rotatable bonds is 4. The molecule has 196 valence electrons. The van der Waals surface area contributed by atoms with Crippen molar-refractivity contribution >= 4 is 0 Å². The summed E-state index contributed by atoms with van der Waals surface area (Å²) in [6.45, 7) is 18.8. The van der Waals surface area contributed by atoms with Gasteiger partial charge < -0.3 is 24.8 Å². The van der Waals surface area contributed by atoms with Crippen molar-refractivity contribution < 1.29 is 51.0 Å². The molecule has 0 bridgehead atoms. The van der Waals surface area contributed by atoms with Crippen molar-refractivity contribution in [1.29, 1.82) is 0 Å². The van der Waals surface area contributed by atoms with E-state index >= 15 is 0 Å². The zero-order valence-electron chi connectivity index (χ0n) is 23.8. The molecule has 0 heterocycles. The van der Waals surface area contributed by atoms with E-state index < -0.39 is 0 Å². The summed E-state index contributed by atoms with van der Waals surface area (Å²) in [5.41, 5.74) is 3.94. The van der Waals surface area contributed by atoms with Crippen LogP contribution in [0.25, 0.3) is 0 Å². The second-order valence-corrected chi connectivity index (χ2v) is 12.4. The summed E-state index contributed by atoms with van der Waals surface area (Å²) in [5, 5.41) is 0. The molecule has 4 aliphatic rings. The number of hydrogen-bond donors (Lipinski definition) is 0. The molecule has 2 saturated carbocycles. The Morgan fingerprint density at radius 1 is 0.600 bits per heavy atom. The minimum Gasteiger partial charge on any atom is -1.00 e. The molecular formula is C32H50Cl2Zr. The van der Waals surface area contributed by atoms with Crippen LogP contribution in [0.5, 0.6) is 0 Å². The maximum atomic E-state index is 3.73. The Morgan fingerprint density at radius 3 is 1.09 bits per heavy atom. The van der Waals surface area contributed by atoms with Gasteiger partial charge in [-0.15, -0.1) is 0 Å². The molecule has 0 aliphatic heterocycles. The van der Waals surface area contributed by atoms with Crippen LogP contribution in [0, 0.1) is 45.6 Å². The summed E-state index contributed by atoms with van der Waals surface area (Å²) in [6, 6.07) is 0. The quantitative estimate of drug-likeness (QED) is 0.433. The van der Waals surface area contributed by atoms with Crippen molar-refractivity contribution in [3.63, 3.8) is 0 Å². The van der Waals surface area contributed by atoms with Crippen LogP contribution in [-0.4, -0.2) is 0 Å². The van der Waals surface area contributed by atoms with Gasteiger partial charge in [-0.3, -0.25) is 12.2 Å². The summed E-state index contributed by atoms with van der Waals surface area (Å²) in [6.07, 6.45) is 30.8. The van der Waals surface area contributed by atoms with Crippen LogP contribution in [-0.2, 0) is 26.2 Å². The van der Waals surface area contributed by atoms with Gasteiger partial charge in [0, 0.05) is 0 Å². The van der Waals surface area contributed by atoms with E-state index in [1.165, 1.54) is 75.4 Å². The number of halogens is 2. The second-order valence-electron chi connectivity index (χ2n) is 12.4. The standard InChI is InChI=1S/2C16H25.2ClH.Zr/c2*1-13(2)16(9-6-5-7-10-16)15(4)11-8-14(3)12-15;;;/h2*8,11,13H,5-7,9-10H2,1-4H3;2*1H;/q2*-1;;;+4/p-2. The number of allylic oxidation sites excluding steroid dienone is 8. The zero-order chi connectivity index (χ0) is 23.6. The molecule has 35 heavy (non-hydrogen) atoms. The Morgan fingerprint density at radius 2 is 0.886 bits per heavy atom. The third-order valence-electron chi connectivity index (χ3n) is 10.0. The maximum absolute atomic E-state index is 3.73. The van der Waals surface area contributed by atoms with E-state index in [1.807, 2.05) is 0 Å². The van der Waals surface area contributed by atoms with Crippen LogP contribution in [0.4, 0.5) is 0 Å². The predicted octanol–water partition coefficient (Wildman–Crippen LogP) is 3.84. The SMILES string of the molecule is CC1=[C-]C(C)(C2(C(C)C)CCCCC2)C=C1.CC1=[C-]C(C)(C2(C(C)C)CCCCC2)C=C1.[Cl-].[Cl-].[Zr+4]. The Labute approximate surface area is 250 Å². The van der Waals surface area contributed by atoms with Gasteiger partial charge in [0.25, 0.3) is 0 Å². The fraction of sp³-hybridized carbons (Fsp3) is 0.750. The smallest absolute Gasteiger partial charge is 1.00 e. The molecule has 0 aromatic heterocycles.